The van der Waals surface area contributed by atoms with Gasteiger partial charge < -0.3 is 10.5 Å². The quantitative estimate of drug-likeness (QED) is 0.804. The first kappa shape index (κ1) is 11.5. The Hall–Kier alpha value is -2.03. The van der Waals surface area contributed by atoms with Crippen molar-refractivity contribution in [2.45, 2.75) is 6.92 Å². The molecule has 2 nitrogen and oxygen atoms in total. The van der Waals surface area contributed by atoms with Crippen molar-refractivity contribution in [3.05, 3.63) is 47.8 Å². The summed E-state index contributed by atoms with van der Waals surface area (Å²) in [6.07, 6.45) is 0. The van der Waals surface area contributed by atoms with Crippen LogP contribution in [0.5, 0.6) is 5.75 Å². The van der Waals surface area contributed by atoms with Gasteiger partial charge in [-0.3, -0.25) is 0 Å². The molecule has 0 atom stereocenters. The van der Waals surface area contributed by atoms with Gasteiger partial charge in [0.05, 0.1) is 7.11 Å². The lowest BCUT2D eigenvalue weighted by Gasteiger charge is -2.09. The Morgan fingerprint density at radius 1 is 1.12 bits per heavy atom. The Balaban J connectivity index is 2.48. The van der Waals surface area contributed by atoms with Crippen LogP contribution in [0.25, 0.3) is 11.1 Å². The smallest absolute Gasteiger partial charge is 0.128 e. The molecule has 0 aliphatic rings. The molecule has 0 bridgehead atoms. The summed E-state index contributed by atoms with van der Waals surface area (Å²) in [7, 11) is 1.62. The van der Waals surface area contributed by atoms with Crippen LogP contribution in [0, 0.1) is 12.7 Å². The van der Waals surface area contributed by atoms with Crippen molar-refractivity contribution in [1.82, 2.24) is 0 Å². The SMILES string of the molecule is COc1ccc(-c2cc(C)c(F)cc2N)cc1. The summed E-state index contributed by atoms with van der Waals surface area (Å²) in [4.78, 5) is 0. The summed E-state index contributed by atoms with van der Waals surface area (Å²) in [5.41, 5.74) is 8.64. The number of nitrogens with two attached hydrogens (primary N) is 1. The van der Waals surface area contributed by atoms with Crippen molar-refractivity contribution < 1.29 is 9.13 Å². The second-order valence-electron chi connectivity index (χ2n) is 3.92. The van der Waals surface area contributed by atoms with Gasteiger partial charge in [0.25, 0.3) is 0 Å². The fourth-order valence-corrected chi connectivity index (χ4v) is 1.72. The van der Waals surface area contributed by atoms with Gasteiger partial charge in [0.15, 0.2) is 0 Å². The van der Waals surface area contributed by atoms with Crippen LogP contribution in [0.3, 0.4) is 0 Å². The van der Waals surface area contributed by atoms with Gasteiger partial charge in [-0.15, -0.1) is 0 Å². The summed E-state index contributed by atoms with van der Waals surface area (Å²) in [6.45, 7) is 1.72. The normalized spacial score (nSPS) is 10.3. The Morgan fingerprint density at radius 3 is 2.35 bits per heavy atom. The molecule has 0 radical (unpaired) electrons. The predicted molar refractivity (Wildman–Crippen MR) is 67.5 cm³/mol. The van der Waals surface area contributed by atoms with E-state index < -0.39 is 0 Å². The van der Waals surface area contributed by atoms with Gasteiger partial charge in [0.1, 0.15) is 11.6 Å². The maximum Gasteiger partial charge on any atom is 0.128 e. The van der Waals surface area contributed by atoms with Crippen molar-refractivity contribution in [2.75, 3.05) is 12.8 Å². The van der Waals surface area contributed by atoms with E-state index in [0.29, 0.717) is 11.3 Å². The number of nitrogen functional groups attached to an aromatic ring is 1. The zero-order valence-electron chi connectivity index (χ0n) is 9.83. The summed E-state index contributed by atoms with van der Waals surface area (Å²) in [5.74, 6) is 0.505. The highest BCUT2D eigenvalue weighted by Crippen LogP contribution is 2.29. The van der Waals surface area contributed by atoms with Crippen molar-refractivity contribution in [3.8, 4) is 16.9 Å². The van der Waals surface area contributed by atoms with Gasteiger partial charge in [0.2, 0.25) is 0 Å². The highest BCUT2D eigenvalue weighted by atomic mass is 19.1. The van der Waals surface area contributed by atoms with Crippen LogP contribution in [0.2, 0.25) is 0 Å². The van der Waals surface area contributed by atoms with E-state index in [0.717, 1.165) is 16.9 Å². The summed E-state index contributed by atoms with van der Waals surface area (Å²) >= 11 is 0. The van der Waals surface area contributed by atoms with Gasteiger partial charge in [-0.2, -0.15) is 0 Å². The third kappa shape index (κ3) is 2.23. The number of methoxy groups -OCH3 is 1. The fraction of sp³-hybridized carbons (Fsp3) is 0.143. The number of aryl methyl sites for hydroxylation is 1. The molecule has 0 saturated heterocycles. The number of anilines is 1. The molecule has 2 rings (SSSR count). The topological polar surface area (TPSA) is 35.2 Å². The average molecular weight is 231 g/mol. The number of hydrogen-bond donors (Lipinski definition) is 1. The van der Waals surface area contributed by atoms with Gasteiger partial charge in [-0.05, 0) is 42.3 Å². The third-order valence-corrected chi connectivity index (χ3v) is 2.73. The van der Waals surface area contributed by atoms with Crippen LogP contribution >= 0.6 is 0 Å². The van der Waals surface area contributed by atoms with E-state index in [2.05, 4.69) is 0 Å². The Morgan fingerprint density at radius 2 is 1.76 bits per heavy atom. The number of ether oxygens (including phenoxy) is 1. The lowest BCUT2D eigenvalue weighted by Crippen LogP contribution is -1.94. The minimum Gasteiger partial charge on any atom is -0.497 e. The fourth-order valence-electron chi connectivity index (χ4n) is 1.72. The van der Waals surface area contributed by atoms with Gasteiger partial charge in [-0.25, -0.2) is 4.39 Å². The standard InChI is InChI=1S/C14H14FNO/c1-9-7-12(14(16)8-13(9)15)10-3-5-11(17-2)6-4-10/h3-8H,16H2,1-2H3. The molecule has 0 unspecified atom stereocenters. The second-order valence-corrected chi connectivity index (χ2v) is 3.92. The Bertz CT molecular complexity index is 535. The van der Waals surface area contributed by atoms with Crippen LogP contribution in [0.15, 0.2) is 36.4 Å². The maximum absolute atomic E-state index is 13.3. The number of hydrogen-bond acceptors (Lipinski definition) is 2. The number of rotatable bonds is 2. The van der Waals surface area contributed by atoms with Crippen LogP contribution in [0.4, 0.5) is 10.1 Å². The van der Waals surface area contributed by atoms with Crippen LogP contribution in [-0.2, 0) is 0 Å². The molecule has 0 amide bonds. The highest BCUT2D eigenvalue weighted by molar-refractivity contribution is 5.77. The van der Waals surface area contributed by atoms with Gasteiger partial charge >= 0.3 is 0 Å². The van der Waals surface area contributed by atoms with Crippen LogP contribution in [0.1, 0.15) is 5.56 Å². The molecule has 0 fully saturated rings. The summed E-state index contributed by atoms with van der Waals surface area (Å²) in [6, 6.07) is 10.6. The van der Waals surface area contributed by atoms with Crippen molar-refractivity contribution in [3.63, 3.8) is 0 Å². The lowest BCUT2D eigenvalue weighted by atomic mass is 10.0. The van der Waals surface area contributed by atoms with E-state index in [1.807, 2.05) is 24.3 Å². The van der Waals surface area contributed by atoms with E-state index >= 15 is 0 Å². The van der Waals surface area contributed by atoms with E-state index in [4.69, 9.17) is 10.5 Å². The van der Waals surface area contributed by atoms with Gasteiger partial charge in [0, 0.05) is 11.3 Å². The molecule has 0 aromatic heterocycles. The van der Waals surface area contributed by atoms with Gasteiger partial charge in [-0.1, -0.05) is 12.1 Å². The monoisotopic (exact) mass is 231 g/mol. The van der Waals surface area contributed by atoms with Crippen molar-refractivity contribution in [2.24, 2.45) is 0 Å². The molecule has 0 aliphatic carbocycles. The minimum absolute atomic E-state index is 0.278. The molecule has 2 N–H and O–H groups in total. The second kappa shape index (κ2) is 4.45. The molecule has 0 spiro atoms. The predicted octanol–water partition coefficient (Wildman–Crippen LogP) is 3.39. The van der Waals surface area contributed by atoms with Crippen molar-refractivity contribution in [1.29, 1.82) is 0 Å². The van der Waals surface area contributed by atoms with E-state index in [1.165, 1.54) is 6.07 Å². The molecule has 2 aromatic rings. The Kier molecular flexibility index (Phi) is 3.00. The first-order valence-electron chi connectivity index (χ1n) is 5.32. The van der Waals surface area contributed by atoms with Crippen LogP contribution < -0.4 is 10.5 Å². The zero-order chi connectivity index (χ0) is 12.4. The van der Waals surface area contributed by atoms with E-state index in [1.54, 1.807) is 20.1 Å². The molecule has 88 valence electrons. The lowest BCUT2D eigenvalue weighted by molar-refractivity contribution is 0.415. The maximum atomic E-state index is 13.3. The molecule has 17 heavy (non-hydrogen) atoms. The van der Waals surface area contributed by atoms with E-state index in [-0.39, 0.29) is 5.82 Å². The summed E-state index contributed by atoms with van der Waals surface area (Å²) < 4.78 is 18.4. The number of benzene rings is 2. The highest BCUT2D eigenvalue weighted by Gasteiger charge is 2.07. The molecular weight excluding hydrogens is 217 g/mol. The number of halogens is 1. The molecule has 2 aromatic carbocycles. The van der Waals surface area contributed by atoms with Crippen molar-refractivity contribution >= 4 is 5.69 Å². The van der Waals surface area contributed by atoms with E-state index in [9.17, 15) is 4.39 Å². The zero-order valence-corrected chi connectivity index (χ0v) is 9.83. The first-order chi connectivity index (χ1) is 8.11. The third-order valence-electron chi connectivity index (χ3n) is 2.73. The molecule has 0 saturated carbocycles. The minimum atomic E-state index is -0.278. The Labute approximate surface area is 99.8 Å². The first-order valence-corrected chi connectivity index (χ1v) is 5.32. The molecular formula is C14H14FNO. The largest absolute Gasteiger partial charge is 0.497 e. The molecule has 0 heterocycles. The molecule has 0 aliphatic heterocycles. The average Bonchev–Trinajstić information content (AvgIpc) is 2.34. The van der Waals surface area contributed by atoms with Crippen LogP contribution in [-0.4, -0.2) is 7.11 Å². The molecule has 3 heteroatoms. The summed E-state index contributed by atoms with van der Waals surface area (Å²) in [5, 5.41) is 0.